The third kappa shape index (κ3) is 4.31. The number of aromatic hydroxyl groups is 1. The van der Waals surface area contributed by atoms with Crippen molar-refractivity contribution in [2.45, 2.75) is 20.3 Å². The molecule has 0 aliphatic heterocycles. The Morgan fingerprint density at radius 1 is 1.29 bits per heavy atom. The smallest absolute Gasteiger partial charge is 0.349 e. The van der Waals surface area contributed by atoms with E-state index in [-0.39, 0.29) is 70.3 Å². The SMILES string of the molecule is C#Cc1c(F)ccc2cc(O)cc(-c3oc(=O)c4c(NCCC(=O)O)nc(OCC)nc4c3C)c12. The molecule has 0 radical (unpaired) electrons. The lowest BCUT2D eigenvalue weighted by Gasteiger charge is -2.15. The number of carboxylic acid groups (broad SMARTS) is 1. The van der Waals surface area contributed by atoms with Crippen molar-refractivity contribution < 1.29 is 28.6 Å². The van der Waals surface area contributed by atoms with E-state index in [0.717, 1.165) is 0 Å². The Labute approximate surface area is 198 Å². The molecule has 0 saturated heterocycles. The monoisotopic (exact) mass is 477 g/mol. The number of hydrogen-bond donors (Lipinski definition) is 3. The summed E-state index contributed by atoms with van der Waals surface area (Å²) in [7, 11) is 0. The van der Waals surface area contributed by atoms with E-state index >= 15 is 0 Å². The minimum absolute atomic E-state index is 0.00471. The number of nitrogens with zero attached hydrogens (tertiary/aromatic N) is 2. The third-order valence-electron chi connectivity index (χ3n) is 5.33. The van der Waals surface area contributed by atoms with Crippen LogP contribution in [0.3, 0.4) is 0 Å². The number of aliphatic carboxylic acids is 1. The summed E-state index contributed by atoms with van der Waals surface area (Å²) in [5, 5.41) is 22.8. The lowest BCUT2D eigenvalue weighted by molar-refractivity contribution is -0.136. The van der Waals surface area contributed by atoms with Crippen molar-refractivity contribution in [3.63, 3.8) is 0 Å². The van der Waals surface area contributed by atoms with Gasteiger partial charge in [0.25, 0.3) is 0 Å². The lowest BCUT2D eigenvalue weighted by Crippen LogP contribution is -2.14. The zero-order chi connectivity index (χ0) is 25.3. The molecule has 4 rings (SSSR count). The highest BCUT2D eigenvalue weighted by Gasteiger charge is 2.22. The Hall–Kier alpha value is -4.65. The number of halogens is 1. The molecule has 2 aromatic carbocycles. The van der Waals surface area contributed by atoms with Gasteiger partial charge in [0.2, 0.25) is 0 Å². The van der Waals surface area contributed by atoms with Crippen LogP contribution in [-0.2, 0) is 4.79 Å². The lowest BCUT2D eigenvalue weighted by atomic mass is 9.95. The Morgan fingerprint density at radius 3 is 2.74 bits per heavy atom. The molecule has 0 saturated carbocycles. The maximum atomic E-state index is 14.5. The average Bonchev–Trinajstić information content (AvgIpc) is 2.81. The van der Waals surface area contributed by atoms with E-state index in [2.05, 4.69) is 21.2 Å². The molecule has 4 aromatic rings. The molecule has 178 valence electrons. The first-order chi connectivity index (χ1) is 16.7. The summed E-state index contributed by atoms with van der Waals surface area (Å²) in [5.74, 6) is 0.602. The Morgan fingerprint density at radius 2 is 2.06 bits per heavy atom. The molecular weight excluding hydrogens is 457 g/mol. The second-order valence-electron chi connectivity index (χ2n) is 7.58. The van der Waals surface area contributed by atoms with E-state index in [1.165, 1.54) is 24.3 Å². The second-order valence-corrected chi connectivity index (χ2v) is 7.58. The van der Waals surface area contributed by atoms with Crippen LogP contribution in [0.4, 0.5) is 10.2 Å². The van der Waals surface area contributed by atoms with Crippen LogP contribution in [0.1, 0.15) is 24.5 Å². The molecule has 0 unspecified atom stereocenters. The number of aromatic nitrogens is 2. The van der Waals surface area contributed by atoms with Gasteiger partial charge in [0, 0.05) is 23.1 Å². The van der Waals surface area contributed by atoms with Crippen molar-refractivity contribution >= 4 is 33.5 Å². The van der Waals surface area contributed by atoms with E-state index in [1.807, 2.05) is 0 Å². The van der Waals surface area contributed by atoms with Crippen LogP contribution in [-0.4, -0.2) is 39.3 Å². The zero-order valence-corrected chi connectivity index (χ0v) is 18.8. The number of benzene rings is 2. The average molecular weight is 477 g/mol. The zero-order valence-electron chi connectivity index (χ0n) is 18.8. The van der Waals surface area contributed by atoms with Gasteiger partial charge >= 0.3 is 17.6 Å². The quantitative estimate of drug-likeness (QED) is 0.340. The van der Waals surface area contributed by atoms with Crippen molar-refractivity contribution in [1.82, 2.24) is 9.97 Å². The number of phenols is 1. The van der Waals surface area contributed by atoms with Gasteiger partial charge in [0.15, 0.2) is 0 Å². The molecule has 10 heteroatoms. The van der Waals surface area contributed by atoms with Gasteiger partial charge in [-0.1, -0.05) is 12.0 Å². The predicted octanol–water partition coefficient (Wildman–Crippen LogP) is 3.82. The molecule has 0 spiro atoms. The normalized spacial score (nSPS) is 10.9. The molecule has 0 aliphatic carbocycles. The van der Waals surface area contributed by atoms with E-state index in [0.29, 0.717) is 10.9 Å². The molecule has 0 fully saturated rings. The van der Waals surface area contributed by atoms with Gasteiger partial charge in [0.05, 0.1) is 24.1 Å². The molecular formula is C25H20FN3O6. The minimum Gasteiger partial charge on any atom is -0.508 e. The van der Waals surface area contributed by atoms with E-state index in [9.17, 15) is 19.1 Å². The highest BCUT2D eigenvalue weighted by molar-refractivity contribution is 6.03. The minimum atomic E-state index is -1.03. The third-order valence-corrected chi connectivity index (χ3v) is 5.33. The van der Waals surface area contributed by atoms with Crippen LogP contribution in [0.25, 0.3) is 33.0 Å². The van der Waals surface area contributed by atoms with Crippen molar-refractivity contribution in [3.05, 3.63) is 51.6 Å². The van der Waals surface area contributed by atoms with E-state index in [1.54, 1.807) is 13.8 Å². The Balaban J connectivity index is 2.04. The van der Waals surface area contributed by atoms with Crippen molar-refractivity contribution in [2.75, 3.05) is 18.5 Å². The fourth-order valence-electron chi connectivity index (χ4n) is 3.84. The largest absolute Gasteiger partial charge is 0.508 e. The summed E-state index contributed by atoms with van der Waals surface area (Å²) in [6.45, 7) is 3.61. The number of ether oxygens (including phenoxy) is 1. The van der Waals surface area contributed by atoms with Gasteiger partial charge in [-0.3, -0.25) is 4.79 Å². The molecule has 0 aliphatic rings. The first-order valence-corrected chi connectivity index (χ1v) is 10.6. The van der Waals surface area contributed by atoms with Crippen LogP contribution < -0.4 is 15.7 Å². The number of carboxylic acids is 1. The number of carbonyl (C=O) groups is 1. The number of phenolic OH excluding ortho intramolecular Hbond substituents is 1. The first kappa shape index (κ1) is 23.5. The number of hydrogen-bond acceptors (Lipinski definition) is 8. The number of fused-ring (bicyclic) bond motifs is 2. The van der Waals surface area contributed by atoms with Gasteiger partial charge in [-0.25, -0.2) is 9.18 Å². The summed E-state index contributed by atoms with van der Waals surface area (Å²) in [6, 6.07) is 5.38. The standard InChI is InChI=1S/C25H20FN3O6/c1-4-15-17(26)7-6-13-10-14(30)11-16(19(13)15)22-12(3)21-20(24(33)35-22)23(27-9-8-18(31)32)29-25(28-21)34-5-2/h1,6-7,10-11,30H,5,8-9H2,2-3H3,(H,31,32)(H,27,28,29). The molecule has 9 nitrogen and oxygen atoms in total. The van der Waals surface area contributed by atoms with Gasteiger partial charge in [-0.05, 0) is 37.4 Å². The van der Waals surface area contributed by atoms with Gasteiger partial charge in [0.1, 0.15) is 28.5 Å². The number of anilines is 1. The Bertz CT molecular complexity index is 1590. The second kappa shape index (κ2) is 9.30. The van der Waals surface area contributed by atoms with Crippen LogP contribution >= 0.6 is 0 Å². The number of rotatable bonds is 7. The van der Waals surface area contributed by atoms with Crippen LogP contribution in [0, 0.1) is 25.1 Å². The highest BCUT2D eigenvalue weighted by atomic mass is 19.1. The predicted molar refractivity (Wildman–Crippen MR) is 127 cm³/mol. The highest BCUT2D eigenvalue weighted by Crippen LogP contribution is 2.38. The van der Waals surface area contributed by atoms with Crippen molar-refractivity contribution in [3.8, 4) is 35.4 Å². The first-order valence-electron chi connectivity index (χ1n) is 10.6. The van der Waals surface area contributed by atoms with Crippen LogP contribution in [0.2, 0.25) is 0 Å². The Kier molecular flexibility index (Phi) is 6.25. The molecule has 0 atom stereocenters. The fraction of sp³-hybridized carbons (Fsp3) is 0.200. The van der Waals surface area contributed by atoms with Crippen LogP contribution in [0.5, 0.6) is 11.8 Å². The van der Waals surface area contributed by atoms with E-state index < -0.39 is 17.4 Å². The molecule has 0 amide bonds. The molecule has 0 bridgehead atoms. The molecule has 2 aromatic heterocycles. The van der Waals surface area contributed by atoms with Gasteiger partial charge < -0.3 is 24.7 Å². The number of aryl methyl sites for hydroxylation is 1. The number of nitrogens with one attached hydrogen (secondary N) is 1. The maximum Gasteiger partial charge on any atom is 0.349 e. The van der Waals surface area contributed by atoms with Crippen molar-refractivity contribution in [2.24, 2.45) is 0 Å². The topological polar surface area (TPSA) is 135 Å². The summed E-state index contributed by atoms with van der Waals surface area (Å²) in [4.78, 5) is 32.6. The van der Waals surface area contributed by atoms with Gasteiger partial charge in [-0.15, -0.1) is 6.42 Å². The van der Waals surface area contributed by atoms with Gasteiger partial charge in [-0.2, -0.15) is 9.97 Å². The summed E-state index contributed by atoms with van der Waals surface area (Å²) >= 11 is 0. The summed E-state index contributed by atoms with van der Waals surface area (Å²) in [5.41, 5.74) is -0.100. The molecule has 3 N–H and O–H groups in total. The summed E-state index contributed by atoms with van der Waals surface area (Å²) in [6.07, 6.45) is 5.35. The maximum absolute atomic E-state index is 14.5. The number of terminal acetylenes is 1. The molecule has 2 heterocycles. The molecule has 35 heavy (non-hydrogen) atoms. The fourth-order valence-corrected chi connectivity index (χ4v) is 3.84. The summed E-state index contributed by atoms with van der Waals surface area (Å²) < 4.78 is 25.6. The van der Waals surface area contributed by atoms with E-state index in [4.69, 9.17) is 20.7 Å². The van der Waals surface area contributed by atoms with Crippen molar-refractivity contribution in [1.29, 1.82) is 0 Å². The van der Waals surface area contributed by atoms with Crippen LogP contribution in [0.15, 0.2) is 33.5 Å².